The third kappa shape index (κ3) is 3.50. The van der Waals surface area contributed by atoms with Gasteiger partial charge in [-0.3, -0.25) is 14.8 Å². The van der Waals surface area contributed by atoms with Gasteiger partial charge in [0.1, 0.15) is 5.82 Å². The Bertz CT molecular complexity index is 1160. The Balaban J connectivity index is 1.60. The number of carbonyl (C=O) groups excluding carboxylic acids is 1. The molecule has 4 rings (SSSR count). The van der Waals surface area contributed by atoms with E-state index in [2.05, 4.69) is 15.3 Å². The molecule has 0 aliphatic carbocycles. The zero-order chi connectivity index (χ0) is 18.8. The molecule has 0 atom stereocenters. The number of amides is 1. The minimum atomic E-state index is -0.564. The maximum absolute atomic E-state index is 14.5. The Morgan fingerprint density at radius 2 is 1.78 bits per heavy atom. The van der Waals surface area contributed by atoms with Crippen molar-refractivity contribution in [2.45, 2.75) is 0 Å². The molecule has 6 heteroatoms. The first-order chi connectivity index (χ1) is 13.1. The van der Waals surface area contributed by atoms with Crippen LogP contribution >= 0.6 is 11.6 Å². The van der Waals surface area contributed by atoms with Crippen molar-refractivity contribution in [2.75, 3.05) is 5.32 Å². The highest BCUT2D eigenvalue weighted by molar-refractivity contribution is 6.33. The molecule has 0 aliphatic rings. The predicted molar refractivity (Wildman–Crippen MR) is 104 cm³/mol. The lowest BCUT2D eigenvalue weighted by Crippen LogP contribution is -2.12. The van der Waals surface area contributed by atoms with Crippen LogP contribution in [0.5, 0.6) is 0 Å². The van der Waals surface area contributed by atoms with Gasteiger partial charge in [0.2, 0.25) is 0 Å². The van der Waals surface area contributed by atoms with Crippen molar-refractivity contribution >= 4 is 34.1 Å². The van der Waals surface area contributed by atoms with E-state index in [4.69, 9.17) is 11.6 Å². The molecule has 2 aromatic carbocycles. The van der Waals surface area contributed by atoms with E-state index in [9.17, 15) is 9.18 Å². The number of aromatic nitrogens is 2. The van der Waals surface area contributed by atoms with Crippen molar-refractivity contribution in [1.82, 2.24) is 9.97 Å². The second-order valence-electron chi connectivity index (χ2n) is 5.89. The largest absolute Gasteiger partial charge is 0.322 e. The minimum absolute atomic E-state index is 0.203. The van der Waals surface area contributed by atoms with E-state index in [1.54, 1.807) is 30.5 Å². The zero-order valence-corrected chi connectivity index (χ0v) is 14.7. The molecule has 0 unspecified atom stereocenters. The van der Waals surface area contributed by atoms with Crippen LogP contribution in [0.15, 0.2) is 73.1 Å². The number of hydrogen-bond acceptors (Lipinski definition) is 3. The molecule has 0 bridgehead atoms. The van der Waals surface area contributed by atoms with Crippen LogP contribution in [0.2, 0.25) is 5.02 Å². The molecule has 0 fully saturated rings. The van der Waals surface area contributed by atoms with E-state index < -0.39 is 11.7 Å². The van der Waals surface area contributed by atoms with Crippen LogP contribution in [0.25, 0.3) is 22.2 Å². The van der Waals surface area contributed by atoms with Gasteiger partial charge in [-0.15, -0.1) is 0 Å². The van der Waals surface area contributed by atoms with Crippen LogP contribution in [0, 0.1) is 5.82 Å². The van der Waals surface area contributed by atoms with Gasteiger partial charge in [-0.05, 0) is 54.6 Å². The summed E-state index contributed by atoms with van der Waals surface area (Å²) >= 11 is 6.07. The SMILES string of the molecule is O=C(Nc1ccc2ncccc2c1)c1ccc(-c2ncccc2Cl)c(F)c1. The van der Waals surface area contributed by atoms with E-state index in [0.29, 0.717) is 16.4 Å². The Morgan fingerprint density at radius 1 is 0.963 bits per heavy atom. The van der Waals surface area contributed by atoms with Crippen LogP contribution < -0.4 is 5.32 Å². The van der Waals surface area contributed by atoms with Gasteiger partial charge in [0, 0.05) is 34.6 Å². The van der Waals surface area contributed by atoms with Gasteiger partial charge in [-0.25, -0.2) is 4.39 Å². The Kier molecular flexibility index (Phi) is 4.52. The molecule has 0 aliphatic heterocycles. The lowest BCUT2D eigenvalue weighted by Gasteiger charge is -2.09. The summed E-state index contributed by atoms with van der Waals surface area (Å²) in [4.78, 5) is 20.8. The number of benzene rings is 2. The molecule has 0 saturated heterocycles. The van der Waals surface area contributed by atoms with Crippen molar-refractivity contribution < 1.29 is 9.18 Å². The Labute approximate surface area is 159 Å². The van der Waals surface area contributed by atoms with E-state index in [1.165, 1.54) is 18.3 Å². The summed E-state index contributed by atoms with van der Waals surface area (Å²) < 4.78 is 14.5. The highest BCUT2D eigenvalue weighted by atomic mass is 35.5. The third-order valence-corrected chi connectivity index (χ3v) is 4.41. The second-order valence-corrected chi connectivity index (χ2v) is 6.30. The standard InChI is InChI=1S/C21H13ClFN3O/c22-17-4-2-10-25-20(17)16-7-5-14(12-18(16)23)21(27)26-15-6-8-19-13(11-15)3-1-9-24-19/h1-12H,(H,26,27). The molecular formula is C21H13ClFN3O. The normalized spacial score (nSPS) is 10.7. The molecule has 4 aromatic rings. The average molecular weight is 378 g/mol. The van der Waals surface area contributed by atoms with Gasteiger partial charge in [-0.2, -0.15) is 0 Å². The molecule has 4 nitrogen and oxygen atoms in total. The molecule has 27 heavy (non-hydrogen) atoms. The van der Waals surface area contributed by atoms with Crippen LogP contribution in [-0.4, -0.2) is 15.9 Å². The quantitative estimate of drug-likeness (QED) is 0.524. The number of fused-ring (bicyclic) bond motifs is 1. The first-order valence-electron chi connectivity index (χ1n) is 8.18. The number of nitrogens with zero attached hydrogens (tertiary/aromatic N) is 2. The van der Waals surface area contributed by atoms with E-state index in [1.807, 2.05) is 24.3 Å². The number of carbonyl (C=O) groups is 1. The average Bonchev–Trinajstić information content (AvgIpc) is 2.68. The van der Waals surface area contributed by atoms with E-state index >= 15 is 0 Å². The summed E-state index contributed by atoms with van der Waals surface area (Å²) in [6.07, 6.45) is 3.24. The summed E-state index contributed by atoms with van der Waals surface area (Å²) in [5.41, 5.74) is 2.23. The lowest BCUT2D eigenvalue weighted by atomic mass is 10.1. The summed E-state index contributed by atoms with van der Waals surface area (Å²) in [6, 6.07) is 16.7. The molecular weight excluding hydrogens is 365 g/mol. The number of rotatable bonds is 3. The number of halogens is 2. The van der Waals surface area contributed by atoms with Crippen LogP contribution in [0.3, 0.4) is 0 Å². The van der Waals surface area contributed by atoms with Gasteiger partial charge in [0.25, 0.3) is 5.91 Å². The van der Waals surface area contributed by atoms with Gasteiger partial charge in [0.15, 0.2) is 0 Å². The van der Waals surface area contributed by atoms with Crippen molar-refractivity contribution in [1.29, 1.82) is 0 Å². The summed E-state index contributed by atoms with van der Waals surface area (Å²) in [7, 11) is 0. The molecule has 132 valence electrons. The van der Waals surface area contributed by atoms with Gasteiger partial charge < -0.3 is 5.32 Å². The molecule has 1 N–H and O–H groups in total. The first-order valence-corrected chi connectivity index (χ1v) is 8.56. The number of hydrogen-bond donors (Lipinski definition) is 1. The molecule has 1 amide bonds. The maximum atomic E-state index is 14.5. The fourth-order valence-corrected chi connectivity index (χ4v) is 3.01. The highest BCUT2D eigenvalue weighted by Gasteiger charge is 2.14. The highest BCUT2D eigenvalue weighted by Crippen LogP contribution is 2.28. The predicted octanol–water partition coefficient (Wildman–Crippen LogP) is 5.34. The first kappa shape index (κ1) is 17.1. The van der Waals surface area contributed by atoms with Gasteiger partial charge in [-0.1, -0.05) is 17.7 Å². The number of nitrogens with one attached hydrogen (secondary N) is 1. The summed E-state index contributed by atoms with van der Waals surface area (Å²) in [5.74, 6) is -0.971. The minimum Gasteiger partial charge on any atom is -0.322 e. The van der Waals surface area contributed by atoms with Crippen molar-refractivity contribution in [3.8, 4) is 11.3 Å². The zero-order valence-electron chi connectivity index (χ0n) is 14.0. The fraction of sp³-hybridized carbons (Fsp3) is 0. The number of pyridine rings is 2. The molecule has 0 saturated carbocycles. The van der Waals surface area contributed by atoms with E-state index in [-0.39, 0.29) is 11.1 Å². The van der Waals surface area contributed by atoms with Gasteiger partial charge >= 0.3 is 0 Å². The monoisotopic (exact) mass is 377 g/mol. The second kappa shape index (κ2) is 7.13. The molecule has 2 heterocycles. The van der Waals surface area contributed by atoms with Crippen LogP contribution in [0.4, 0.5) is 10.1 Å². The maximum Gasteiger partial charge on any atom is 0.255 e. The Hall–Kier alpha value is -3.31. The molecule has 2 aromatic heterocycles. The van der Waals surface area contributed by atoms with Crippen LogP contribution in [0.1, 0.15) is 10.4 Å². The summed E-state index contributed by atoms with van der Waals surface area (Å²) in [6.45, 7) is 0. The fourth-order valence-electron chi connectivity index (χ4n) is 2.79. The lowest BCUT2D eigenvalue weighted by molar-refractivity contribution is 0.102. The summed E-state index contributed by atoms with van der Waals surface area (Å²) in [5, 5.41) is 4.02. The third-order valence-electron chi connectivity index (χ3n) is 4.11. The van der Waals surface area contributed by atoms with Crippen molar-refractivity contribution in [3.63, 3.8) is 0 Å². The smallest absolute Gasteiger partial charge is 0.255 e. The topological polar surface area (TPSA) is 54.9 Å². The van der Waals surface area contributed by atoms with Crippen molar-refractivity contribution in [3.05, 3.63) is 89.5 Å². The van der Waals surface area contributed by atoms with Crippen LogP contribution in [-0.2, 0) is 0 Å². The van der Waals surface area contributed by atoms with Gasteiger partial charge in [0.05, 0.1) is 16.2 Å². The van der Waals surface area contributed by atoms with E-state index in [0.717, 1.165) is 10.9 Å². The number of anilines is 1. The Morgan fingerprint density at radius 3 is 2.59 bits per heavy atom. The molecule has 0 radical (unpaired) electrons. The molecule has 0 spiro atoms. The van der Waals surface area contributed by atoms with Crippen molar-refractivity contribution in [2.24, 2.45) is 0 Å².